The summed E-state index contributed by atoms with van der Waals surface area (Å²) < 4.78 is 5.31. The van der Waals surface area contributed by atoms with Crippen molar-refractivity contribution in [2.45, 2.75) is 45.9 Å². The minimum Gasteiger partial charge on any atom is -0.444 e. The molecule has 1 N–H and O–H groups in total. The van der Waals surface area contributed by atoms with Crippen LogP contribution in [0.5, 0.6) is 0 Å². The van der Waals surface area contributed by atoms with Crippen LogP contribution in [0.4, 0.5) is 4.79 Å². The number of ether oxygens (including phenoxy) is 1. The summed E-state index contributed by atoms with van der Waals surface area (Å²) in [7, 11) is 0. The molecule has 18 heavy (non-hydrogen) atoms. The average Bonchev–Trinajstić information content (AvgIpc) is 2.56. The van der Waals surface area contributed by atoms with Gasteiger partial charge in [-0.1, -0.05) is 0 Å². The number of nitrogens with one attached hydrogen (secondary N) is 1. The van der Waals surface area contributed by atoms with Gasteiger partial charge in [0.2, 0.25) is 0 Å². The van der Waals surface area contributed by atoms with E-state index in [1.165, 1.54) is 11.2 Å². The van der Waals surface area contributed by atoms with E-state index in [1.54, 1.807) is 0 Å². The van der Waals surface area contributed by atoms with E-state index in [2.05, 4.69) is 9.97 Å². The molecule has 0 fully saturated rings. The predicted octanol–water partition coefficient (Wildman–Crippen LogP) is 1.58. The molecular weight excluding hydrogens is 234 g/mol. The van der Waals surface area contributed by atoms with Crippen molar-refractivity contribution in [3.05, 3.63) is 27.9 Å². The molecule has 6 heteroatoms. The fraction of sp³-hybridized carbons (Fsp3) is 0.583. The number of rotatable bonds is 0. The summed E-state index contributed by atoms with van der Waals surface area (Å²) in [5.41, 5.74) is 0.434. The van der Waals surface area contributed by atoms with Gasteiger partial charge < -0.3 is 9.72 Å². The van der Waals surface area contributed by atoms with Crippen molar-refractivity contribution in [3.63, 3.8) is 0 Å². The van der Waals surface area contributed by atoms with Crippen LogP contribution in [0.2, 0.25) is 0 Å². The van der Waals surface area contributed by atoms with Gasteiger partial charge in [-0.15, -0.1) is 0 Å². The smallest absolute Gasteiger partial charge is 0.411 e. The number of hydrogen-bond acceptors (Lipinski definition) is 4. The number of H-pyrrole nitrogens is 1. The Morgan fingerprint density at radius 3 is 2.78 bits per heavy atom. The van der Waals surface area contributed by atoms with E-state index in [9.17, 15) is 9.59 Å². The topological polar surface area (TPSA) is 75.3 Å². The van der Waals surface area contributed by atoms with Crippen molar-refractivity contribution < 1.29 is 9.53 Å². The average molecular weight is 251 g/mol. The summed E-state index contributed by atoms with van der Waals surface area (Å²) >= 11 is 0. The molecular formula is C12H17N3O3. The number of nitrogens with zero attached hydrogens (tertiary/aromatic N) is 2. The molecule has 98 valence electrons. The fourth-order valence-electron chi connectivity index (χ4n) is 1.95. The Hall–Kier alpha value is -1.85. The number of aromatic nitrogens is 2. The number of hydrogen-bond donors (Lipinski definition) is 1. The van der Waals surface area contributed by atoms with E-state index in [1.807, 2.05) is 27.7 Å². The molecule has 6 nitrogen and oxygen atoms in total. The number of carbonyl (C=O) groups excluding carboxylic acids is 1. The van der Waals surface area contributed by atoms with Gasteiger partial charge in [0.25, 0.3) is 5.56 Å². The molecule has 0 saturated carbocycles. The lowest BCUT2D eigenvalue weighted by atomic mass is 10.2. The highest BCUT2D eigenvalue weighted by Crippen LogP contribution is 2.30. The first-order valence-electron chi connectivity index (χ1n) is 5.85. The van der Waals surface area contributed by atoms with E-state index in [-0.39, 0.29) is 18.1 Å². The normalized spacial score (nSPS) is 18.7. The summed E-state index contributed by atoms with van der Waals surface area (Å²) in [5, 5.41) is 0. The summed E-state index contributed by atoms with van der Waals surface area (Å²) in [6.45, 7) is 7.51. The second kappa shape index (κ2) is 4.12. The van der Waals surface area contributed by atoms with Gasteiger partial charge in [0.15, 0.2) is 0 Å². The minimum atomic E-state index is -0.550. The molecule has 0 bridgehead atoms. The Kier molecular flexibility index (Phi) is 2.88. The number of amides is 1. The minimum absolute atomic E-state index is 0.196. The number of aromatic amines is 1. The van der Waals surface area contributed by atoms with Crippen molar-refractivity contribution in [2.75, 3.05) is 0 Å². The third-order valence-electron chi connectivity index (χ3n) is 2.80. The molecule has 2 rings (SSSR count). The lowest BCUT2D eigenvalue weighted by Crippen LogP contribution is -2.35. The van der Waals surface area contributed by atoms with Crippen LogP contribution in [0.3, 0.4) is 0 Å². The van der Waals surface area contributed by atoms with Gasteiger partial charge in [0.05, 0.1) is 30.2 Å². The Morgan fingerprint density at radius 2 is 2.22 bits per heavy atom. The zero-order valence-corrected chi connectivity index (χ0v) is 11.0. The molecule has 0 saturated heterocycles. The predicted molar refractivity (Wildman–Crippen MR) is 65.0 cm³/mol. The first kappa shape index (κ1) is 12.6. The second-order valence-corrected chi connectivity index (χ2v) is 5.38. The van der Waals surface area contributed by atoms with Crippen LogP contribution in [-0.4, -0.2) is 26.6 Å². The highest BCUT2D eigenvalue weighted by atomic mass is 16.6. The van der Waals surface area contributed by atoms with Crippen LogP contribution in [0, 0.1) is 0 Å². The monoisotopic (exact) mass is 251 g/mol. The largest absolute Gasteiger partial charge is 0.444 e. The molecule has 1 aliphatic rings. The summed E-state index contributed by atoms with van der Waals surface area (Å²) in [6, 6.07) is -0.239. The lowest BCUT2D eigenvalue weighted by Gasteiger charge is -2.26. The van der Waals surface area contributed by atoms with Crippen LogP contribution < -0.4 is 5.56 Å². The summed E-state index contributed by atoms with van der Waals surface area (Å²) in [6.07, 6.45) is 0.934. The maximum atomic E-state index is 12.0. The van der Waals surface area contributed by atoms with Crippen LogP contribution in [-0.2, 0) is 11.3 Å². The van der Waals surface area contributed by atoms with Gasteiger partial charge in [0.1, 0.15) is 5.60 Å². The molecule has 1 aromatic rings. The van der Waals surface area contributed by atoms with Gasteiger partial charge in [-0.3, -0.25) is 9.69 Å². The van der Waals surface area contributed by atoms with Crippen LogP contribution in [0.15, 0.2) is 11.1 Å². The highest BCUT2D eigenvalue weighted by Gasteiger charge is 2.35. The molecule has 0 radical (unpaired) electrons. The van der Waals surface area contributed by atoms with Crippen molar-refractivity contribution in [1.29, 1.82) is 0 Å². The van der Waals surface area contributed by atoms with Crippen molar-refractivity contribution in [1.82, 2.24) is 14.9 Å². The Labute approximate surface area is 105 Å². The fourth-order valence-corrected chi connectivity index (χ4v) is 1.95. The zero-order chi connectivity index (χ0) is 13.5. The second-order valence-electron chi connectivity index (χ2n) is 5.38. The molecule has 1 atom stereocenters. The highest BCUT2D eigenvalue weighted by molar-refractivity contribution is 5.69. The van der Waals surface area contributed by atoms with E-state index in [0.29, 0.717) is 11.3 Å². The van der Waals surface area contributed by atoms with E-state index >= 15 is 0 Å². The molecule has 1 unspecified atom stereocenters. The van der Waals surface area contributed by atoms with Gasteiger partial charge >= 0.3 is 6.09 Å². The van der Waals surface area contributed by atoms with Crippen molar-refractivity contribution in [2.24, 2.45) is 0 Å². The number of fused-ring (bicyclic) bond motifs is 1. The first-order chi connectivity index (χ1) is 8.29. The van der Waals surface area contributed by atoms with Crippen molar-refractivity contribution >= 4 is 6.09 Å². The Morgan fingerprint density at radius 1 is 1.56 bits per heavy atom. The quantitative estimate of drug-likeness (QED) is 0.759. The molecule has 0 spiro atoms. The lowest BCUT2D eigenvalue weighted by molar-refractivity contribution is 0.0185. The van der Waals surface area contributed by atoms with Gasteiger partial charge in [-0.25, -0.2) is 9.78 Å². The summed E-state index contributed by atoms with van der Waals surface area (Å²) in [5.74, 6) is 0. The molecule has 0 aromatic carbocycles. The summed E-state index contributed by atoms with van der Waals surface area (Å²) in [4.78, 5) is 31.8. The molecule has 1 aliphatic heterocycles. The Bertz CT molecular complexity index is 530. The van der Waals surface area contributed by atoms with Crippen molar-refractivity contribution in [3.8, 4) is 0 Å². The standard InChI is InChI=1S/C12H17N3O3/c1-7-9-8(10(16)14-6-13-9)5-15(7)11(17)18-12(2,3)4/h6-7H,5H2,1-4H3,(H,13,14,16). The third-order valence-corrected chi connectivity index (χ3v) is 2.80. The van der Waals surface area contributed by atoms with Gasteiger partial charge in [-0.05, 0) is 27.7 Å². The first-order valence-corrected chi connectivity index (χ1v) is 5.85. The van der Waals surface area contributed by atoms with Gasteiger partial charge in [-0.2, -0.15) is 0 Å². The maximum absolute atomic E-state index is 12.0. The van der Waals surface area contributed by atoms with E-state index in [0.717, 1.165) is 0 Å². The van der Waals surface area contributed by atoms with Crippen LogP contribution in [0.1, 0.15) is 45.0 Å². The Balaban J connectivity index is 2.24. The molecule has 2 heterocycles. The molecule has 1 amide bonds. The number of carbonyl (C=O) groups is 1. The molecule has 1 aromatic heterocycles. The third kappa shape index (κ3) is 2.23. The zero-order valence-electron chi connectivity index (χ0n) is 11.0. The van der Waals surface area contributed by atoms with Crippen LogP contribution in [0.25, 0.3) is 0 Å². The van der Waals surface area contributed by atoms with E-state index in [4.69, 9.17) is 4.74 Å². The maximum Gasteiger partial charge on any atom is 0.411 e. The van der Waals surface area contributed by atoms with E-state index < -0.39 is 11.7 Å². The SMILES string of the molecule is CC1c2nc[nH]c(=O)c2CN1C(=O)OC(C)(C)C. The van der Waals surface area contributed by atoms with Crippen LogP contribution >= 0.6 is 0 Å². The molecule has 0 aliphatic carbocycles. The van der Waals surface area contributed by atoms with Gasteiger partial charge in [0, 0.05) is 0 Å².